The summed E-state index contributed by atoms with van der Waals surface area (Å²) in [5.74, 6) is 1.32. The maximum atomic E-state index is 12.6. The Morgan fingerprint density at radius 1 is 1.18 bits per heavy atom. The van der Waals surface area contributed by atoms with Crippen molar-refractivity contribution in [1.29, 1.82) is 0 Å². The number of carbonyl (C=O) groups excluding carboxylic acids is 1. The van der Waals surface area contributed by atoms with Gasteiger partial charge in [0.2, 0.25) is 0 Å². The van der Waals surface area contributed by atoms with Crippen LogP contribution in [0.5, 0.6) is 11.5 Å². The van der Waals surface area contributed by atoms with Crippen LogP contribution in [0, 0.1) is 0 Å². The number of nitrogens with zero attached hydrogens (tertiary/aromatic N) is 1. The zero-order chi connectivity index (χ0) is 20.3. The molecule has 2 aromatic carbocycles. The Labute approximate surface area is 174 Å². The van der Waals surface area contributed by atoms with Crippen molar-refractivity contribution in [1.82, 2.24) is 4.90 Å². The minimum Gasteiger partial charge on any atom is -0.493 e. The van der Waals surface area contributed by atoms with Gasteiger partial charge in [0, 0.05) is 16.6 Å². The molecule has 2 aromatic rings. The lowest BCUT2D eigenvalue weighted by Crippen LogP contribution is -2.40. The van der Waals surface area contributed by atoms with Crippen LogP contribution in [0.25, 0.3) is 0 Å². The standard InChI is InChI=1S/C22H26BrNO4/c1-22(2,3)28-21(25)24-11-10-16-17(13-24)20(19(26-4)12-18(16)23)27-14-15-8-6-5-7-9-15/h5-9,12H,10-11,13-14H2,1-4H3. The van der Waals surface area contributed by atoms with Crippen molar-refractivity contribution < 1.29 is 19.0 Å². The van der Waals surface area contributed by atoms with Crippen LogP contribution in [0.3, 0.4) is 0 Å². The van der Waals surface area contributed by atoms with Crippen LogP contribution in [0.4, 0.5) is 4.79 Å². The third kappa shape index (κ3) is 4.79. The molecule has 150 valence electrons. The number of hydrogen-bond donors (Lipinski definition) is 0. The summed E-state index contributed by atoms with van der Waals surface area (Å²) in [4.78, 5) is 14.3. The van der Waals surface area contributed by atoms with E-state index in [4.69, 9.17) is 14.2 Å². The van der Waals surface area contributed by atoms with Gasteiger partial charge in [0.25, 0.3) is 0 Å². The zero-order valence-corrected chi connectivity index (χ0v) is 18.3. The summed E-state index contributed by atoms with van der Waals surface area (Å²) in [5.41, 5.74) is 2.64. The Bertz CT molecular complexity index is 846. The summed E-state index contributed by atoms with van der Waals surface area (Å²) >= 11 is 3.64. The summed E-state index contributed by atoms with van der Waals surface area (Å²) in [6.45, 7) is 7.07. The first-order valence-electron chi connectivity index (χ1n) is 9.31. The van der Waals surface area contributed by atoms with Gasteiger partial charge in [0.1, 0.15) is 12.2 Å². The Morgan fingerprint density at radius 3 is 2.54 bits per heavy atom. The van der Waals surface area contributed by atoms with Crippen LogP contribution in [0.1, 0.15) is 37.5 Å². The SMILES string of the molecule is COc1cc(Br)c2c(c1OCc1ccccc1)CN(C(=O)OC(C)(C)C)CC2. The largest absolute Gasteiger partial charge is 0.493 e. The smallest absolute Gasteiger partial charge is 0.410 e. The molecule has 1 aliphatic heterocycles. The highest BCUT2D eigenvalue weighted by molar-refractivity contribution is 9.10. The second kappa shape index (κ2) is 8.43. The van der Waals surface area contributed by atoms with Crippen LogP contribution >= 0.6 is 15.9 Å². The van der Waals surface area contributed by atoms with Gasteiger partial charge in [-0.25, -0.2) is 4.79 Å². The molecule has 0 fully saturated rings. The molecule has 0 aromatic heterocycles. The number of methoxy groups -OCH3 is 1. The summed E-state index contributed by atoms with van der Waals surface area (Å²) in [7, 11) is 1.62. The molecule has 0 bridgehead atoms. The molecular weight excluding hydrogens is 422 g/mol. The predicted octanol–water partition coefficient (Wildman–Crippen LogP) is 5.33. The first kappa shape index (κ1) is 20.5. The minimum absolute atomic E-state index is 0.314. The number of amides is 1. The molecule has 0 saturated carbocycles. The Morgan fingerprint density at radius 2 is 1.89 bits per heavy atom. The maximum absolute atomic E-state index is 12.6. The van der Waals surface area contributed by atoms with Crippen molar-refractivity contribution in [3.8, 4) is 11.5 Å². The molecule has 1 heterocycles. The number of hydrogen-bond acceptors (Lipinski definition) is 4. The first-order chi connectivity index (χ1) is 13.3. The quantitative estimate of drug-likeness (QED) is 0.635. The lowest BCUT2D eigenvalue weighted by atomic mass is 9.98. The molecule has 3 rings (SSSR count). The average Bonchev–Trinajstić information content (AvgIpc) is 2.66. The molecule has 0 atom stereocenters. The van der Waals surface area contributed by atoms with Crippen molar-refractivity contribution in [2.24, 2.45) is 0 Å². The van der Waals surface area contributed by atoms with E-state index in [1.807, 2.05) is 57.2 Å². The lowest BCUT2D eigenvalue weighted by Gasteiger charge is -2.33. The molecule has 0 saturated heterocycles. The molecule has 1 aliphatic rings. The summed E-state index contributed by atoms with van der Waals surface area (Å²) in [5, 5.41) is 0. The van der Waals surface area contributed by atoms with E-state index < -0.39 is 5.60 Å². The fourth-order valence-electron chi connectivity index (χ4n) is 3.17. The van der Waals surface area contributed by atoms with Gasteiger partial charge < -0.3 is 19.1 Å². The van der Waals surface area contributed by atoms with E-state index in [1.165, 1.54) is 0 Å². The first-order valence-corrected chi connectivity index (χ1v) is 10.1. The van der Waals surface area contributed by atoms with Crippen LogP contribution in [-0.2, 0) is 24.3 Å². The molecule has 0 radical (unpaired) electrons. The number of halogens is 1. The van der Waals surface area contributed by atoms with Gasteiger partial charge in [-0.15, -0.1) is 0 Å². The highest BCUT2D eigenvalue weighted by Crippen LogP contribution is 2.41. The minimum atomic E-state index is -0.529. The van der Waals surface area contributed by atoms with E-state index in [-0.39, 0.29) is 6.09 Å². The van der Waals surface area contributed by atoms with Crippen LogP contribution in [0.15, 0.2) is 40.9 Å². The van der Waals surface area contributed by atoms with Gasteiger partial charge in [-0.3, -0.25) is 0 Å². The highest BCUT2D eigenvalue weighted by Gasteiger charge is 2.30. The van der Waals surface area contributed by atoms with Crippen LogP contribution in [0.2, 0.25) is 0 Å². The van der Waals surface area contributed by atoms with Crippen LogP contribution in [-0.4, -0.2) is 30.2 Å². The van der Waals surface area contributed by atoms with Gasteiger partial charge in [0.15, 0.2) is 11.5 Å². The molecule has 1 amide bonds. The summed E-state index contributed by atoms with van der Waals surface area (Å²) in [6, 6.07) is 11.9. The molecular formula is C22H26BrNO4. The third-order valence-corrected chi connectivity index (χ3v) is 5.19. The van der Waals surface area contributed by atoms with Crippen molar-refractivity contribution >= 4 is 22.0 Å². The Hall–Kier alpha value is -2.21. The molecule has 28 heavy (non-hydrogen) atoms. The van der Waals surface area contributed by atoms with Crippen molar-refractivity contribution in [2.75, 3.05) is 13.7 Å². The van der Waals surface area contributed by atoms with Crippen molar-refractivity contribution in [2.45, 2.75) is 45.9 Å². The van der Waals surface area contributed by atoms with Gasteiger partial charge in [-0.2, -0.15) is 0 Å². The van der Waals surface area contributed by atoms with Crippen molar-refractivity contribution in [3.05, 3.63) is 57.6 Å². The second-order valence-electron chi connectivity index (χ2n) is 7.77. The maximum Gasteiger partial charge on any atom is 0.410 e. The number of ether oxygens (including phenoxy) is 3. The number of benzene rings is 2. The number of fused-ring (bicyclic) bond motifs is 1. The van der Waals surface area contributed by atoms with E-state index in [1.54, 1.807) is 12.0 Å². The van der Waals surface area contributed by atoms with E-state index in [0.717, 1.165) is 27.6 Å². The van der Waals surface area contributed by atoms with Crippen molar-refractivity contribution in [3.63, 3.8) is 0 Å². The highest BCUT2D eigenvalue weighted by atomic mass is 79.9. The van der Waals surface area contributed by atoms with Gasteiger partial charge >= 0.3 is 6.09 Å². The van der Waals surface area contributed by atoms with E-state index in [0.29, 0.717) is 31.2 Å². The molecule has 0 N–H and O–H groups in total. The van der Waals surface area contributed by atoms with Gasteiger partial charge in [0.05, 0.1) is 13.7 Å². The molecule has 5 nitrogen and oxygen atoms in total. The fraction of sp³-hybridized carbons (Fsp3) is 0.409. The van der Waals surface area contributed by atoms with E-state index in [9.17, 15) is 4.79 Å². The summed E-state index contributed by atoms with van der Waals surface area (Å²) in [6.07, 6.45) is 0.409. The molecule has 0 aliphatic carbocycles. The van der Waals surface area contributed by atoms with Gasteiger partial charge in [-0.1, -0.05) is 46.3 Å². The van der Waals surface area contributed by atoms with E-state index >= 15 is 0 Å². The average molecular weight is 448 g/mol. The van der Waals surface area contributed by atoms with Gasteiger partial charge in [-0.05, 0) is 44.4 Å². The normalized spacial score (nSPS) is 13.7. The molecule has 6 heteroatoms. The topological polar surface area (TPSA) is 48.0 Å². The third-order valence-electron chi connectivity index (χ3n) is 4.49. The van der Waals surface area contributed by atoms with Crippen LogP contribution < -0.4 is 9.47 Å². The van der Waals surface area contributed by atoms with E-state index in [2.05, 4.69) is 15.9 Å². The monoisotopic (exact) mass is 447 g/mol. The molecule has 0 spiro atoms. The number of carbonyl (C=O) groups is 1. The second-order valence-corrected chi connectivity index (χ2v) is 8.63. The lowest BCUT2D eigenvalue weighted by molar-refractivity contribution is 0.0221. The predicted molar refractivity (Wildman–Crippen MR) is 112 cm³/mol. The number of rotatable bonds is 4. The fourth-order valence-corrected chi connectivity index (χ4v) is 3.82. The summed E-state index contributed by atoms with van der Waals surface area (Å²) < 4.78 is 18.3. The zero-order valence-electron chi connectivity index (χ0n) is 16.8. The molecule has 0 unspecified atom stereocenters. The Balaban J connectivity index is 1.89. The Kier molecular flexibility index (Phi) is 6.18.